The molecule has 0 bridgehead atoms. The van der Waals surface area contributed by atoms with Gasteiger partial charge in [0, 0.05) is 11.8 Å². The number of rotatable bonds is 7. The molecule has 1 heterocycles. The van der Waals surface area contributed by atoms with E-state index in [2.05, 4.69) is 5.32 Å². The Labute approximate surface area is 171 Å². The number of nitro groups is 1. The Hall–Kier alpha value is -4.08. The summed E-state index contributed by atoms with van der Waals surface area (Å²) in [5.74, 6) is -0.142. The van der Waals surface area contributed by atoms with Gasteiger partial charge >= 0.3 is 5.97 Å². The lowest BCUT2D eigenvalue weighted by Gasteiger charge is -2.12. The van der Waals surface area contributed by atoms with Gasteiger partial charge in [0.2, 0.25) is 6.79 Å². The summed E-state index contributed by atoms with van der Waals surface area (Å²) in [4.78, 5) is 34.9. The Morgan fingerprint density at radius 2 is 1.87 bits per heavy atom. The zero-order valence-electron chi connectivity index (χ0n) is 16.1. The molecule has 0 saturated carbocycles. The fourth-order valence-corrected chi connectivity index (χ4v) is 2.58. The molecule has 0 radical (unpaired) electrons. The van der Waals surface area contributed by atoms with E-state index in [4.69, 9.17) is 18.9 Å². The van der Waals surface area contributed by atoms with Gasteiger partial charge in [-0.3, -0.25) is 14.9 Å². The average Bonchev–Trinajstić information content (AvgIpc) is 3.19. The molecule has 0 aliphatic carbocycles. The van der Waals surface area contributed by atoms with Crippen LogP contribution in [-0.2, 0) is 14.3 Å². The zero-order valence-corrected chi connectivity index (χ0v) is 16.1. The molecule has 0 unspecified atom stereocenters. The quantitative estimate of drug-likeness (QED) is 0.317. The maximum absolute atomic E-state index is 12.2. The highest BCUT2D eigenvalue weighted by atomic mass is 16.7. The molecule has 156 valence electrons. The smallest absolute Gasteiger partial charge is 0.331 e. The lowest BCUT2D eigenvalue weighted by molar-refractivity contribution is -0.385. The van der Waals surface area contributed by atoms with Gasteiger partial charge in [0.05, 0.1) is 23.7 Å². The van der Waals surface area contributed by atoms with Gasteiger partial charge in [-0.1, -0.05) is 0 Å². The molecule has 1 aliphatic heterocycles. The van der Waals surface area contributed by atoms with Crippen molar-refractivity contribution in [3.8, 4) is 17.2 Å². The van der Waals surface area contributed by atoms with Crippen molar-refractivity contribution in [2.24, 2.45) is 0 Å². The van der Waals surface area contributed by atoms with Crippen molar-refractivity contribution >= 4 is 29.3 Å². The summed E-state index contributed by atoms with van der Waals surface area (Å²) < 4.78 is 20.4. The minimum absolute atomic E-state index is 0.0392. The summed E-state index contributed by atoms with van der Waals surface area (Å²) in [5.41, 5.74) is 0.389. The van der Waals surface area contributed by atoms with Crippen molar-refractivity contribution in [3.63, 3.8) is 0 Å². The molecule has 1 N–H and O–H groups in total. The minimum Gasteiger partial charge on any atom is -0.497 e. The third kappa shape index (κ3) is 4.85. The third-order valence-corrected chi connectivity index (χ3v) is 4.14. The lowest BCUT2D eigenvalue weighted by Crippen LogP contribution is -2.29. The summed E-state index contributed by atoms with van der Waals surface area (Å²) in [6.07, 6.45) is 1.13. The number of fused-ring (bicyclic) bond motifs is 1. The van der Waals surface area contributed by atoms with Gasteiger partial charge in [-0.25, -0.2) is 4.79 Å². The van der Waals surface area contributed by atoms with Gasteiger partial charge in [0.15, 0.2) is 17.6 Å². The van der Waals surface area contributed by atoms with Gasteiger partial charge in [-0.05, 0) is 43.3 Å². The van der Waals surface area contributed by atoms with Crippen LogP contribution in [-0.4, -0.2) is 36.8 Å². The van der Waals surface area contributed by atoms with E-state index in [1.807, 2.05) is 0 Å². The van der Waals surface area contributed by atoms with Crippen molar-refractivity contribution in [3.05, 3.63) is 58.2 Å². The summed E-state index contributed by atoms with van der Waals surface area (Å²) in [6, 6.07) is 9.25. The van der Waals surface area contributed by atoms with Gasteiger partial charge in [0.1, 0.15) is 5.75 Å². The average molecular weight is 414 g/mol. The Balaban J connectivity index is 1.62. The molecule has 10 nitrogen and oxygen atoms in total. The number of carbonyl (C=O) groups excluding carboxylic acids is 2. The molecule has 0 aromatic heterocycles. The first-order chi connectivity index (χ1) is 14.4. The molecule has 0 saturated heterocycles. The van der Waals surface area contributed by atoms with E-state index in [1.54, 1.807) is 24.3 Å². The highest BCUT2D eigenvalue weighted by molar-refractivity contribution is 5.96. The summed E-state index contributed by atoms with van der Waals surface area (Å²) >= 11 is 0. The van der Waals surface area contributed by atoms with E-state index >= 15 is 0 Å². The molecule has 1 amide bonds. The predicted molar refractivity (Wildman–Crippen MR) is 105 cm³/mol. The van der Waals surface area contributed by atoms with Crippen molar-refractivity contribution in [2.75, 3.05) is 19.2 Å². The number of ether oxygens (including phenoxy) is 4. The van der Waals surface area contributed by atoms with Crippen LogP contribution in [0.25, 0.3) is 6.08 Å². The molecule has 3 rings (SSSR count). The first-order valence-electron chi connectivity index (χ1n) is 8.79. The fourth-order valence-electron chi connectivity index (χ4n) is 2.58. The zero-order chi connectivity index (χ0) is 21.7. The Kier molecular flexibility index (Phi) is 6.16. The van der Waals surface area contributed by atoms with E-state index in [0.717, 1.165) is 6.08 Å². The van der Waals surface area contributed by atoms with Crippen LogP contribution in [0.4, 0.5) is 11.4 Å². The van der Waals surface area contributed by atoms with E-state index in [0.29, 0.717) is 17.2 Å². The lowest BCUT2D eigenvalue weighted by atomic mass is 10.1. The SMILES string of the molecule is COc1ccc(NC(=O)[C@@H](C)OC(=O)/C=C/c2cc3c(cc2[N+](=O)[O-])OCO3)cc1. The van der Waals surface area contributed by atoms with Gasteiger partial charge in [-0.15, -0.1) is 0 Å². The third-order valence-electron chi connectivity index (χ3n) is 4.14. The number of benzene rings is 2. The molecule has 1 atom stereocenters. The molecule has 10 heteroatoms. The number of carbonyl (C=O) groups is 2. The number of methoxy groups -OCH3 is 1. The monoisotopic (exact) mass is 414 g/mol. The van der Waals surface area contributed by atoms with Crippen LogP contribution >= 0.6 is 0 Å². The molecule has 0 spiro atoms. The number of hydrogen-bond acceptors (Lipinski definition) is 8. The van der Waals surface area contributed by atoms with Gasteiger partial charge in [0.25, 0.3) is 11.6 Å². The van der Waals surface area contributed by atoms with Crippen LogP contribution in [0, 0.1) is 10.1 Å². The minimum atomic E-state index is -1.09. The van der Waals surface area contributed by atoms with Crippen LogP contribution in [0.15, 0.2) is 42.5 Å². The second kappa shape index (κ2) is 8.95. The van der Waals surface area contributed by atoms with E-state index < -0.39 is 22.9 Å². The molecular weight excluding hydrogens is 396 g/mol. The van der Waals surface area contributed by atoms with Crippen LogP contribution < -0.4 is 19.5 Å². The number of esters is 1. The molecule has 2 aromatic carbocycles. The molecule has 2 aromatic rings. The van der Waals surface area contributed by atoms with Crippen molar-refractivity contribution < 1.29 is 33.5 Å². The van der Waals surface area contributed by atoms with Crippen LogP contribution in [0.1, 0.15) is 12.5 Å². The van der Waals surface area contributed by atoms with E-state index in [-0.39, 0.29) is 23.8 Å². The van der Waals surface area contributed by atoms with Crippen molar-refractivity contribution in [1.82, 2.24) is 0 Å². The molecule has 30 heavy (non-hydrogen) atoms. The van der Waals surface area contributed by atoms with E-state index in [1.165, 1.54) is 32.2 Å². The Morgan fingerprint density at radius 1 is 1.20 bits per heavy atom. The number of amides is 1. The molecule has 0 fully saturated rings. The second-order valence-electron chi connectivity index (χ2n) is 6.15. The highest BCUT2D eigenvalue weighted by Gasteiger charge is 2.22. The van der Waals surface area contributed by atoms with Gasteiger partial charge < -0.3 is 24.3 Å². The maximum Gasteiger partial charge on any atom is 0.331 e. The molecular formula is C20H18N2O8. The Morgan fingerprint density at radius 3 is 2.50 bits per heavy atom. The number of nitro benzene ring substituents is 1. The first-order valence-corrected chi connectivity index (χ1v) is 8.79. The summed E-state index contributed by atoms with van der Waals surface area (Å²) in [5, 5.41) is 13.9. The maximum atomic E-state index is 12.2. The second-order valence-corrected chi connectivity index (χ2v) is 6.15. The van der Waals surface area contributed by atoms with Crippen LogP contribution in [0.2, 0.25) is 0 Å². The predicted octanol–water partition coefficient (Wildman–Crippen LogP) is 2.92. The largest absolute Gasteiger partial charge is 0.497 e. The number of nitrogens with one attached hydrogen (secondary N) is 1. The highest BCUT2D eigenvalue weighted by Crippen LogP contribution is 2.38. The Bertz CT molecular complexity index is 1000. The van der Waals surface area contributed by atoms with Crippen molar-refractivity contribution in [1.29, 1.82) is 0 Å². The number of anilines is 1. The standard InChI is InChI=1S/C20H18N2O8/c1-12(20(24)21-14-4-6-15(27-2)7-5-14)30-19(23)8-3-13-9-17-18(29-11-28-17)10-16(13)22(25)26/h3-10,12H,11H2,1-2H3,(H,21,24)/b8-3+/t12-/m1/s1. The number of hydrogen-bond donors (Lipinski definition) is 1. The summed E-state index contributed by atoms with van der Waals surface area (Å²) in [7, 11) is 1.53. The van der Waals surface area contributed by atoms with Crippen LogP contribution in [0.5, 0.6) is 17.2 Å². The van der Waals surface area contributed by atoms with Crippen LogP contribution in [0.3, 0.4) is 0 Å². The van der Waals surface area contributed by atoms with E-state index in [9.17, 15) is 19.7 Å². The van der Waals surface area contributed by atoms with Gasteiger partial charge in [-0.2, -0.15) is 0 Å². The summed E-state index contributed by atoms with van der Waals surface area (Å²) in [6.45, 7) is 1.37. The molecule has 1 aliphatic rings. The topological polar surface area (TPSA) is 126 Å². The van der Waals surface area contributed by atoms with Crippen molar-refractivity contribution in [2.45, 2.75) is 13.0 Å². The normalized spacial score (nSPS) is 13.0. The first kappa shape index (κ1) is 20.6. The fraction of sp³-hybridized carbons (Fsp3) is 0.200. The number of nitrogens with zero attached hydrogens (tertiary/aromatic N) is 1.